The minimum Gasteiger partial charge on any atom is -0.364 e. The molecule has 0 aliphatic rings. The maximum absolute atomic E-state index is 10.7. The average molecular weight is 232 g/mol. The highest BCUT2D eigenvalue weighted by atomic mass is 16.6. The largest absolute Gasteiger partial charge is 0.364 e. The number of nitrogens with zero attached hydrogens (tertiary/aromatic N) is 2. The number of nitro benzene ring substituents is 1. The number of benzene rings is 1. The standard InChI is InChI=1S/C13H16N2O2/c1-4-8-14(9-5-2)13-10-12(15(16)17)7-6-11(13)3/h4-7,10H,1-2,8-9H2,3H3. The molecule has 0 saturated heterocycles. The van der Waals surface area contributed by atoms with Gasteiger partial charge in [0.1, 0.15) is 0 Å². The Morgan fingerprint density at radius 1 is 1.35 bits per heavy atom. The van der Waals surface area contributed by atoms with Crippen LogP contribution in [-0.4, -0.2) is 18.0 Å². The number of hydrogen-bond donors (Lipinski definition) is 0. The molecule has 0 N–H and O–H groups in total. The third-order valence-electron chi connectivity index (χ3n) is 2.44. The molecule has 0 spiro atoms. The van der Waals surface area contributed by atoms with E-state index in [1.54, 1.807) is 24.3 Å². The van der Waals surface area contributed by atoms with Crippen molar-refractivity contribution in [2.45, 2.75) is 6.92 Å². The van der Waals surface area contributed by atoms with Gasteiger partial charge in [0.15, 0.2) is 0 Å². The number of anilines is 1. The molecule has 0 saturated carbocycles. The van der Waals surface area contributed by atoms with E-state index in [1.807, 2.05) is 11.8 Å². The van der Waals surface area contributed by atoms with Crippen LogP contribution in [0, 0.1) is 17.0 Å². The third-order valence-corrected chi connectivity index (χ3v) is 2.44. The maximum Gasteiger partial charge on any atom is 0.271 e. The van der Waals surface area contributed by atoms with Crippen molar-refractivity contribution in [1.29, 1.82) is 0 Å². The first-order valence-corrected chi connectivity index (χ1v) is 5.32. The van der Waals surface area contributed by atoms with E-state index in [2.05, 4.69) is 13.2 Å². The highest BCUT2D eigenvalue weighted by Crippen LogP contribution is 2.25. The molecule has 0 aliphatic heterocycles. The van der Waals surface area contributed by atoms with Crippen LogP contribution in [0.1, 0.15) is 5.56 Å². The van der Waals surface area contributed by atoms with Crippen molar-refractivity contribution in [3.8, 4) is 0 Å². The molecule has 1 aromatic rings. The van der Waals surface area contributed by atoms with E-state index in [0.717, 1.165) is 11.3 Å². The fourth-order valence-electron chi connectivity index (χ4n) is 1.63. The first-order valence-electron chi connectivity index (χ1n) is 5.32. The van der Waals surface area contributed by atoms with Gasteiger partial charge in [-0.3, -0.25) is 10.1 Å². The van der Waals surface area contributed by atoms with E-state index in [0.29, 0.717) is 13.1 Å². The molecule has 1 aromatic carbocycles. The highest BCUT2D eigenvalue weighted by molar-refractivity contribution is 5.59. The summed E-state index contributed by atoms with van der Waals surface area (Å²) in [6.07, 6.45) is 3.53. The normalized spacial score (nSPS) is 9.71. The van der Waals surface area contributed by atoms with Crippen LogP contribution in [-0.2, 0) is 0 Å². The van der Waals surface area contributed by atoms with Gasteiger partial charge in [-0.05, 0) is 12.5 Å². The fraction of sp³-hybridized carbons (Fsp3) is 0.231. The Labute approximate surface area is 101 Å². The third kappa shape index (κ3) is 3.17. The molecular weight excluding hydrogens is 216 g/mol. The number of hydrogen-bond acceptors (Lipinski definition) is 3. The fourth-order valence-corrected chi connectivity index (χ4v) is 1.63. The molecule has 0 atom stereocenters. The van der Waals surface area contributed by atoms with Gasteiger partial charge in [-0.2, -0.15) is 0 Å². The van der Waals surface area contributed by atoms with Crippen molar-refractivity contribution in [3.05, 3.63) is 59.2 Å². The Morgan fingerprint density at radius 2 is 1.94 bits per heavy atom. The van der Waals surface area contributed by atoms with Gasteiger partial charge in [0.05, 0.1) is 4.92 Å². The van der Waals surface area contributed by atoms with Crippen LogP contribution in [0.3, 0.4) is 0 Å². The topological polar surface area (TPSA) is 46.4 Å². The number of non-ortho nitro benzene ring substituents is 1. The Bertz CT molecular complexity index is 431. The van der Waals surface area contributed by atoms with E-state index in [-0.39, 0.29) is 10.6 Å². The summed E-state index contributed by atoms with van der Waals surface area (Å²) in [5.74, 6) is 0. The molecule has 0 heterocycles. The lowest BCUT2D eigenvalue weighted by atomic mass is 10.1. The zero-order chi connectivity index (χ0) is 12.8. The molecule has 0 bridgehead atoms. The van der Waals surface area contributed by atoms with Gasteiger partial charge in [-0.1, -0.05) is 18.2 Å². The van der Waals surface area contributed by atoms with E-state index >= 15 is 0 Å². The summed E-state index contributed by atoms with van der Waals surface area (Å²) in [6.45, 7) is 10.6. The highest BCUT2D eigenvalue weighted by Gasteiger charge is 2.12. The quantitative estimate of drug-likeness (QED) is 0.430. The second-order valence-corrected chi connectivity index (χ2v) is 3.71. The zero-order valence-corrected chi connectivity index (χ0v) is 9.93. The van der Waals surface area contributed by atoms with Gasteiger partial charge in [-0.25, -0.2) is 0 Å². The van der Waals surface area contributed by atoms with Crippen molar-refractivity contribution >= 4 is 11.4 Å². The molecule has 1 rings (SSSR count). The molecule has 0 unspecified atom stereocenters. The second kappa shape index (κ2) is 5.84. The average Bonchev–Trinajstić information content (AvgIpc) is 2.29. The predicted molar refractivity (Wildman–Crippen MR) is 70.4 cm³/mol. The Hall–Kier alpha value is -2.10. The minimum absolute atomic E-state index is 0.101. The predicted octanol–water partition coefficient (Wildman–Crippen LogP) is 3.08. The first-order chi connectivity index (χ1) is 8.10. The van der Waals surface area contributed by atoms with Gasteiger partial charge in [0, 0.05) is 30.9 Å². The maximum atomic E-state index is 10.7. The molecule has 0 amide bonds. The second-order valence-electron chi connectivity index (χ2n) is 3.71. The van der Waals surface area contributed by atoms with Crippen molar-refractivity contribution in [3.63, 3.8) is 0 Å². The lowest BCUT2D eigenvalue weighted by molar-refractivity contribution is -0.384. The molecule has 17 heavy (non-hydrogen) atoms. The van der Waals surface area contributed by atoms with Crippen molar-refractivity contribution in [2.24, 2.45) is 0 Å². The molecule has 4 nitrogen and oxygen atoms in total. The van der Waals surface area contributed by atoms with Crippen LogP contribution in [0.25, 0.3) is 0 Å². The van der Waals surface area contributed by atoms with Crippen molar-refractivity contribution < 1.29 is 4.92 Å². The zero-order valence-electron chi connectivity index (χ0n) is 9.93. The monoisotopic (exact) mass is 232 g/mol. The summed E-state index contributed by atoms with van der Waals surface area (Å²) >= 11 is 0. The summed E-state index contributed by atoms with van der Waals surface area (Å²) in [4.78, 5) is 12.4. The smallest absolute Gasteiger partial charge is 0.271 e. The van der Waals surface area contributed by atoms with Crippen LogP contribution in [0.15, 0.2) is 43.5 Å². The first kappa shape index (κ1) is 13.0. The van der Waals surface area contributed by atoms with Crippen LogP contribution >= 0.6 is 0 Å². The van der Waals surface area contributed by atoms with Gasteiger partial charge in [0.2, 0.25) is 0 Å². The van der Waals surface area contributed by atoms with Gasteiger partial charge >= 0.3 is 0 Å². The van der Waals surface area contributed by atoms with Gasteiger partial charge in [0.25, 0.3) is 5.69 Å². The Balaban J connectivity index is 3.15. The van der Waals surface area contributed by atoms with E-state index < -0.39 is 0 Å². The van der Waals surface area contributed by atoms with Gasteiger partial charge in [-0.15, -0.1) is 13.2 Å². The summed E-state index contributed by atoms with van der Waals surface area (Å²) in [7, 11) is 0. The summed E-state index contributed by atoms with van der Waals surface area (Å²) in [5, 5.41) is 10.7. The molecule has 0 aromatic heterocycles. The van der Waals surface area contributed by atoms with Crippen molar-refractivity contribution in [2.75, 3.05) is 18.0 Å². The van der Waals surface area contributed by atoms with E-state index in [9.17, 15) is 10.1 Å². The Kier molecular flexibility index (Phi) is 4.46. The van der Waals surface area contributed by atoms with E-state index in [4.69, 9.17) is 0 Å². The minimum atomic E-state index is -0.386. The van der Waals surface area contributed by atoms with Crippen LogP contribution in [0.2, 0.25) is 0 Å². The van der Waals surface area contributed by atoms with Crippen LogP contribution in [0.5, 0.6) is 0 Å². The number of aryl methyl sites for hydroxylation is 1. The molecule has 0 aliphatic carbocycles. The molecule has 0 fully saturated rings. The lowest BCUT2D eigenvalue weighted by Crippen LogP contribution is -2.23. The summed E-state index contributed by atoms with van der Waals surface area (Å²) in [5.41, 5.74) is 1.95. The Morgan fingerprint density at radius 3 is 2.41 bits per heavy atom. The van der Waals surface area contributed by atoms with Gasteiger partial charge < -0.3 is 4.90 Å². The number of rotatable bonds is 6. The molecule has 90 valence electrons. The number of nitro groups is 1. The van der Waals surface area contributed by atoms with Crippen LogP contribution < -0.4 is 4.90 Å². The SMILES string of the molecule is C=CCN(CC=C)c1cc([N+](=O)[O-])ccc1C. The molecule has 4 heteroatoms. The van der Waals surface area contributed by atoms with E-state index in [1.165, 1.54) is 6.07 Å². The summed E-state index contributed by atoms with van der Waals surface area (Å²) in [6, 6.07) is 4.85. The van der Waals surface area contributed by atoms with Crippen LogP contribution in [0.4, 0.5) is 11.4 Å². The molecular formula is C13H16N2O2. The summed E-state index contributed by atoms with van der Waals surface area (Å²) < 4.78 is 0. The van der Waals surface area contributed by atoms with Crippen molar-refractivity contribution in [1.82, 2.24) is 0 Å². The molecule has 0 radical (unpaired) electrons. The lowest BCUT2D eigenvalue weighted by Gasteiger charge is -2.23.